The molecule has 1 aliphatic heterocycles. The largest absolute Gasteiger partial charge is 0.489 e. The maximum Gasteiger partial charge on any atom is 0.220 e. The summed E-state index contributed by atoms with van der Waals surface area (Å²) >= 11 is 0. The second-order valence-corrected chi connectivity index (χ2v) is 13.5. The van der Waals surface area contributed by atoms with Gasteiger partial charge in [-0.3, -0.25) is 9.69 Å². The standard InChI is InChI=1S/C31H43FN2O4S/c32-27-18-19-34(22-27)23-28(21-25-14-16-29(17-15-25)38-24-26-9-3-1-4-10-26)33-31(35)13-7-8-20-39(36,37)30-11-5-2-6-12-30/h1,3-4,9-10,14-17,27-28,30H,2,5-8,11-13,18-24H2,(H,33,35)/t27-,28?/m1/s1. The number of likely N-dealkylation sites (tertiary alicyclic amines) is 1. The number of carbonyl (C=O) groups is 1. The number of rotatable bonds is 14. The van der Waals surface area contributed by atoms with Gasteiger partial charge in [0.05, 0.1) is 11.0 Å². The zero-order chi connectivity index (χ0) is 27.5. The Balaban J connectivity index is 1.25. The van der Waals surface area contributed by atoms with Gasteiger partial charge in [0.25, 0.3) is 0 Å². The molecule has 214 valence electrons. The van der Waals surface area contributed by atoms with E-state index in [-0.39, 0.29) is 23.0 Å². The highest BCUT2D eigenvalue weighted by molar-refractivity contribution is 7.92. The first-order valence-corrected chi connectivity index (χ1v) is 16.2. The summed E-state index contributed by atoms with van der Waals surface area (Å²) in [5.41, 5.74) is 2.18. The van der Waals surface area contributed by atoms with Crippen LogP contribution >= 0.6 is 0 Å². The van der Waals surface area contributed by atoms with Gasteiger partial charge in [-0.25, -0.2) is 12.8 Å². The Morgan fingerprint density at radius 1 is 0.974 bits per heavy atom. The van der Waals surface area contributed by atoms with E-state index in [9.17, 15) is 17.6 Å². The molecule has 2 fully saturated rings. The third-order valence-corrected chi connectivity index (χ3v) is 10.2. The lowest BCUT2D eigenvalue weighted by molar-refractivity contribution is -0.122. The monoisotopic (exact) mass is 558 g/mol. The minimum Gasteiger partial charge on any atom is -0.489 e. The highest BCUT2D eigenvalue weighted by atomic mass is 32.2. The Morgan fingerprint density at radius 3 is 2.41 bits per heavy atom. The van der Waals surface area contributed by atoms with Gasteiger partial charge in [0, 0.05) is 32.1 Å². The second-order valence-electron chi connectivity index (χ2n) is 11.1. The molecule has 1 saturated heterocycles. The van der Waals surface area contributed by atoms with Crippen LogP contribution in [0.1, 0.15) is 68.9 Å². The fourth-order valence-electron chi connectivity index (χ4n) is 5.65. The van der Waals surface area contributed by atoms with Crippen LogP contribution < -0.4 is 10.1 Å². The number of unbranched alkanes of at least 4 members (excludes halogenated alkanes) is 1. The molecule has 2 aliphatic rings. The van der Waals surface area contributed by atoms with Crippen LogP contribution in [0, 0.1) is 0 Å². The molecule has 2 aromatic carbocycles. The lowest BCUT2D eigenvalue weighted by Gasteiger charge is -2.25. The third kappa shape index (κ3) is 9.91. The fraction of sp³-hybridized carbons (Fsp3) is 0.581. The van der Waals surface area contributed by atoms with Crippen molar-refractivity contribution < 1.29 is 22.3 Å². The Kier molecular flexibility index (Phi) is 11.2. The number of halogens is 1. The average Bonchev–Trinajstić information content (AvgIpc) is 3.36. The summed E-state index contributed by atoms with van der Waals surface area (Å²) < 4.78 is 44.9. The van der Waals surface area contributed by atoms with Gasteiger partial charge in [0.15, 0.2) is 9.84 Å². The molecular weight excluding hydrogens is 515 g/mol. The van der Waals surface area contributed by atoms with E-state index in [2.05, 4.69) is 10.2 Å². The van der Waals surface area contributed by atoms with Gasteiger partial charge in [-0.2, -0.15) is 0 Å². The lowest BCUT2D eigenvalue weighted by Crippen LogP contribution is -2.44. The highest BCUT2D eigenvalue weighted by Gasteiger charge is 2.27. The van der Waals surface area contributed by atoms with Crippen molar-refractivity contribution in [2.24, 2.45) is 0 Å². The third-order valence-electron chi connectivity index (χ3n) is 7.86. The molecule has 1 N–H and O–H groups in total. The molecular formula is C31H43FN2O4S. The van der Waals surface area contributed by atoms with Gasteiger partial charge < -0.3 is 10.1 Å². The number of carbonyl (C=O) groups excluding carboxylic acids is 1. The van der Waals surface area contributed by atoms with Crippen LogP contribution in [-0.4, -0.2) is 62.1 Å². The number of nitrogens with one attached hydrogen (secondary N) is 1. The molecule has 1 aliphatic carbocycles. The lowest BCUT2D eigenvalue weighted by atomic mass is 10.0. The van der Waals surface area contributed by atoms with Gasteiger partial charge in [-0.1, -0.05) is 61.7 Å². The molecule has 39 heavy (non-hydrogen) atoms. The van der Waals surface area contributed by atoms with E-state index in [0.29, 0.717) is 58.3 Å². The van der Waals surface area contributed by atoms with Crippen molar-refractivity contribution in [1.29, 1.82) is 0 Å². The van der Waals surface area contributed by atoms with Crippen molar-refractivity contribution in [1.82, 2.24) is 10.2 Å². The topological polar surface area (TPSA) is 75.7 Å². The van der Waals surface area contributed by atoms with Crippen LogP contribution in [0.2, 0.25) is 0 Å². The molecule has 0 spiro atoms. The summed E-state index contributed by atoms with van der Waals surface area (Å²) in [5.74, 6) is 0.874. The number of benzene rings is 2. The van der Waals surface area contributed by atoms with E-state index in [1.807, 2.05) is 54.6 Å². The van der Waals surface area contributed by atoms with Crippen molar-refractivity contribution in [2.45, 2.75) is 88.3 Å². The molecule has 1 saturated carbocycles. The minimum atomic E-state index is -3.07. The molecule has 1 heterocycles. The van der Waals surface area contributed by atoms with Crippen LogP contribution in [0.25, 0.3) is 0 Å². The Hall–Kier alpha value is -2.45. The van der Waals surface area contributed by atoms with Gasteiger partial charge in [-0.15, -0.1) is 0 Å². The van der Waals surface area contributed by atoms with Crippen LogP contribution in [-0.2, 0) is 27.7 Å². The Bertz CT molecular complexity index is 1120. The fourth-order valence-corrected chi connectivity index (χ4v) is 7.64. The van der Waals surface area contributed by atoms with Gasteiger partial charge in [-0.05, 0) is 61.8 Å². The maximum atomic E-state index is 13.8. The molecule has 2 atom stereocenters. The number of hydrogen-bond acceptors (Lipinski definition) is 5. The summed E-state index contributed by atoms with van der Waals surface area (Å²) in [4.78, 5) is 14.9. The molecule has 4 rings (SSSR count). The van der Waals surface area contributed by atoms with E-state index in [0.717, 1.165) is 49.0 Å². The first-order valence-electron chi connectivity index (χ1n) is 14.5. The van der Waals surface area contributed by atoms with Crippen molar-refractivity contribution in [3.63, 3.8) is 0 Å². The zero-order valence-electron chi connectivity index (χ0n) is 22.9. The SMILES string of the molecule is O=C(CCCCS(=O)(=O)C1CCCCC1)NC(Cc1ccc(OCc2ccccc2)cc1)CN1CC[C@@H](F)C1. The maximum absolute atomic E-state index is 13.8. The second kappa shape index (κ2) is 14.8. The summed E-state index contributed by atoms with van der Waals surface area (Å²) in [6.45, 7) is 2.19. The zero-order valence-corrected chi connectivity index (χ0v) is 23.7. The predicted octanol–water partition coefficient (Wildman–Crippen LogP) is 5.25. The van der Waals surface area contributed by atoms with E-state index in [4.69, 9.17) is 4.74 Å². The van der Waals surface area contributed by atoms with Crippen LogP contribution in [0.15, 0.2) is 54.6 Å². The van der Waals surface area contributed by atoms with Crippen LogP contribution in [0.4, 0.5) is 4.39 Å². The van der Waals surface area contributed by atoms with Crippen molar-refractivity contribution in [3.05, 3.63) is 65.7 Å². The average molecular weight is 559 g/mol. The Labute approximate surface area is 233 Å². The highest BCUT2D eigenvalue weighted by Crippen LogP contribution is 2.25. The summed E-state index contributed by atoms with van der Waals surface area (Å²) in [6.07, 6.45) is 6.39. The normalized spacial score (nSPS) is 19.6. The van der Waals surface area contributed by atoms with Gasteiger partial charge >= 0.3 is 0 Å². The molecule has 0 aromatic heterocycles. The molecule has 6 nitrogen and oxygen atoms in total. The number of amides is 1. The number of nitrogens with zero attached hydrogens (tertiary/aromatic N) is 1. The van der Waals surface area contributed by atoms with Gasteiger partial charge in [0.2, 0.25) is 5.91 Å². The first kappa shape index (κ1) is 29.5. The Morgan fingerprint density at radius 2 is 1.72 bits per heavy atom. The quantitative estimate of drug-likeness (QED) is 0.321. The summed E-state index contributed by atoms with van der Waals surface area (Å²) in [7, 11) is -3.07. The first-order chi connectivity index (χ1) is 18.9. The molecule has 8 heteroatoms. The van der Waals surface area contributed by atoms with Crippen LogP contribution in [0.3, 0.4) is 0 Å². The van der Waals surface area contributed by atoms with Crippen molar-refractivity contribution >= 4 is 15.7 Å². The number of hydrogen-bond donors (Lipinski definition) is 1. The van der Waals surface area contributed by atoms with E-state index >= 15 is 0 Å². The molecule has 1 unspecified atom stereocenters. The summed E-state index contributed by atoms with van der Waals surface area (Å²) in [5, 5.41) is 2.95. The molecule has 2 aromatic rings. The molecule has 0 radical (unpaired) electrons. The molecule has 1 amide bonds. The number of sulfone groups is 1. The summed E-state index contributed by atoms with van der Waals surface area (Å²) in [6, 6.07) is 17.8. The smallest absolute Gasteiger partial charge is 0.220 e. The van der Waals surface area contributed by atoms with E-state index in [1.54, 1.807) is 0 Å². The number of ether oxygens (including phenoxy) is 1. The van der Waals surface area contributed by atoms with E-state index in [1.165, 1.54) is 0 Å². The van der Waals surface area contributed by atoms with Crippen molar-refractivity contribution in [3.8, 4) is 5.75 Å². The van der Waals surface area contributed by atoms with Crippen LogP contribution in [0.5, 0.6) is 5.75 Å². The molecule has 0 bridgehead atoms. The van der Waals surface area contributed by atoms with E-state index < -0.39 is 16.0 Å². The van der Waals surface area contributed by atoms with Gasteiger partial charge in [0.1, 0.15) is 18.5 Å². The minimum absolute atomic E-state index is 0.0751. The predicted molar refractivity (Wildman–Crippen MR) is 153 cm³/mol. The van der Waals surface area contributed by atoms with Crippen molar-refractivity contribution in [2.75, 3.05) is 25.4 Å². The number of alkyl halides is 1.